The highest BCUT2D eigenvalue weighted by Gasteiger charge is 2.11. The van der Waals surface area contributed by atoms with Crippen molar-refractivity contribution in [3.05, 3.63) is 102 Å². The Kier molecular flexibility index (Phi) is 5.48. The number of imidazole rings is 1. The number of aromatic nitrogens is 2. The second kappa shape index (κ2) is 8.53. The Balaban J connectivity index is 1.47. The quantitative estimate of drug-likeness (QED) is 0.529. The molecule has 0 atom stereocenters. The molecule has 0 radical (unpaired) electrons. The van der Waals surface area contributed by atoms with Crippen LogP contribution in [0.15, 0.2) is 84.9 Å². The summed E-state index contributed by atoms with van der Waals surface area (Å²) in [7, 11) is 0. The van der Waals surface area contributed by atoms with Gasteiger partial charge in [0.2, 0.25) is 0 Å². The normalized spacial score (nSPS) is 10.9. The number of carbonyl (C=O) groups is 1. The number of rotatable bonds is 7. The van der Waals surface area contributed by atoms with E-state index in [9.17, 15) is 4.79 Å². The van der Waals surface area contributed by atoms with Crippen LogP contribution in [0.5, 0.6) is 0 Å². The molecule has 4 heteroatoms. The lowest BCUT2D eigenvalue weighted by Gasteiger charge is -2.10. The summed E-state index contributed by atoms with van der Waals surface area (Å²) in [5.74, 6) is 0.957. The molecule has 4 aromatic rings. The van der Waals surface area contributed by atoms with Gasteiger partial charge in [0.15, 0.2) is 0 Å². The Hall–Kier alpha value is -3.40. The number of aryl methyl sites for hydroxylation is 2. The summed E-state index contributed by atoms with van der Waals surface area (Å²) in [6.45, 7) is 1.43. The molecule has 0 aliphatic heterocycles. The maximum absolute atomic E-state index is 12.3. The summed E-state index contributed by atoms with van der Waals surface area (Å²) < 4.78 is 2.27. The highest BCUT2D eigenvalue weighted by atomic mass is 16.1. The monoisotopic (exact) mass is 369 g/mol. The van der Waals surface area contributed by atoms with Crippen LogP contribution in [-0.2, 0) is 19.4 Å². The summed E-state index contributed by atoms with van der Waals surface area (Å²) in [4.78, 5) is 17.1. The number of nitrogens with one attached hydrogen (secondary N) is 1. The predicted octanol–water partition coefficient (Wildman–Crippen LogP) is 4.25. The first-order valence-corrected chi connectivity index (χ1v) is 9.62. The molecule has 1 heterocycles. The van der Waals surface area contributed by atoms with E-state index in [0.29, 0.717) is 18.5 Å². The summed E-state index contributed by atoms with van der Waals surface area (Å²) in [5.41, 5.74) is 4.13. The van der Waals surface area contributed by atoms with Crippen LogP contribution in [0.25, 0.3) is 11.0 Å². The number of para-hydroxylation sites is 2. The van der Waals surface area contributed by atoms with Gasteiger partial charge in [0.1, 0.15) is 5.82 Å². The zero-order valence-electron chi connectivity index (χ0n) is 15.7. The molecule has 0 bridgehead atoms. The van der Waals surface area contributed by atoms with Crippen molar-refractivity contribution in [1.82, 2.24) is 14.9 Å². The molecule has 0 aliphatic rings. The largest absolute Gasteiger partial charge is 0.352 e. The molecule has 1 amide bonds. The predicted molar refractivity (Wildman–Crippen MR) is 112 cm³/mol. The smallest absolute Gasteiger partial charge is 0.251 e. The third-order valence-electron chi connectivity index (χ3n) is 4.87. The van der Waals surface area contributed by atoms with E-state index in [2.05, 4.69) is 40.2 Å². The van der Waals surface area contributed by atoms with E-state index < -0.39 is 0 Å². The van der Waals surface area contributed by atoms with E-state index in [0.717, 1.165) is 29.8 Å². The number of hydrogen-bond donors (Lipinski definition) is 1. The molecule has 3 aromatic carbocycles. The molecular formula is C24H23N3O. The van der Waals surface area contributed by atoms with Crippen molar-refractivity contribution in [1.29, 1.82) is 0 Å². The average molecular weight is 369 g/mol. The zero-order chi connectivity index (χ0) is 19.2. The summed E-state index contributed by atoms with van der Waals surface area (Å²) in [5, 5.41) is 3.00. The van der Waals surface area contributed by atoms with Gasteiger partial charge < -0.3 is 9.88 Å². The topological polar surface area (TPSA) is 46.9 Å². The first-order chi connectivity index (χ1) is 13.8. The Morgan fingerprint density at radius 1 is 0.821 bits per heavy atom. The Morgan fingerprint density at radius 3 is 2.29 bits per heavy atom. The van der Waals surface area contributed by atoms with E-state index in [-0.39, 0.29) is 5.91 Å². The number of nitrogens with zero attached hydrogens (tertiary/aromatic N) is 2. The maximum Gasteiger partial charge on any atom is 0.251 e. The molecular weight excluding hydrogens is 346 g/mol. The molecule has 1 aromatic heterocycles. The minimum absolute atomic E-state index is 0.0486. The van der Waals surface area contributed by atoms with Gasteiger partial charge in [0, 0.05) is 25.1 Å². The molecule has 0 saturated carbocycles. The van der Waals surface area contributed by atoms with E-state index in [4.69, 9.17) is 4.98 Å². The van der Waals surface area contributed by atoms with Crippen LogP contribution in [0, 0.1) is 0 Å². The van der Waals surface area contributed by atoms with E-state index in [1.165, 1.54) is 5.56 Å². The van der Waals surface area contributed by atoms with Crippen LogP contribution in [0.3, 0.4) is 0 Å². The molecule has 140 valence electrons. The molecule has 4 rings (SSSR count). The standard InChI is InChI=1S/C24H23N3O/c28-24(20-11-5-2-6-12-20)25-17-15-23-26-21-13-7-8-14-22(21)27(23)18-16-19-9-3-1-4-10-19/h1-14H,15-18H2,(H,25,28). The van der Waals surface area contributed by atoms with Crippen molar-refractivity contribution in [3.63, 3.8) is 0 Å². The zero-order valence-corrected chi connectivity index (χ0v) is 15.7. The fourth-order valence-electron chi connectivity index (χ4n) is 3.43. The van der Waals surface area contributed by atoms with Crippen LogP contribution in [0.1, 0.15) is 21.7 Å². The van der Waals surface area contributed by atoms with Gasteiger partial charge in [-0.15, -0.1) is 0 Å². The molecule has 0 spiro atoms. The Morgan fingerprint density at radius 2 is 1.50 bits per heavy atom. The number of amides is 1. The minimum Gasteiger partial charge on any atom is -0.352 e. The highest BCUT2D eigenvalue weighted by Crippen LogP contribution is 2.17. The molecule has 1 N–H and O–H groups in total. The van der Waals surface area contributed by atoms with Crippen LogP contribution < -0.4 is 5.32 Å². The van der Waals surface area contributed by atoms with E-state index >= 15 is 0 Å². The number of carbonyl (C=O) groups excluding carboxylic acids is 1. The number of benzene rings is 3. The lowest BCUT2D eigenvalue weighted by Crippen LogP contribution is -2.26. The van der Waals surface area contributed by atoms with E-state index in [1.54, 1.807) is 0 Å². The first-order valence-electron chi connectivity index (χ1n) is 9.62. The fraction of sp³-hybridized carbons (Fsp3) is 0.167. The third kappa shape index (κ3) is 4.12. The van der Waals surface area contributed by atoms with Gasteiger partial charge in [0.05, 0.1) is 11.0 Å². The van der Waals surface area contributed by atoms with Gasteiger partial charge in [-0.25, -0.2) is 4.98 Å². The third-order valence-corrected chi connectivity index (χ3v) is 4.87. The highest BCUT2D eigenvalue weighted by molar-refractivity contribution is 5.94. The second-order valence-corrected chi connectivity index (χ2v) is 6.78. The molecule has 0 aliphatic carbocycles. The second-order valence-electron chi connectivity index (χ2n) is 6.78. The van der Waals surface area contributed by atoms with Crippen LogP contribution in [0.2, 0.25) is 0 Å². The van der Waals surface area contributed by atoms with Gasteiger partial charge >= 0.3 is 0 Å². The van der Waals surface area contributed by atoms with Gasteiger partial charge in [-0.3, -0.25) is 4.79 Å². The van der Waals surface area contributed by atoms with Crippen molar-refractivity contribution in [3.8, 4) is 0 Å². The lowest BCUT2D eigenvalue weighted by atomic mass is 10.1. The minimum atomic E-state index is -0.0486. The van der Waals surface area contributed by atoms with Gasteiger partial charge in [-0.2, -0.15) is 0 Å². The van der Waals surface area contributed by atoms with Crippen molar-refractivity contribution in [2.75, 3.05) is 6.54 Å². The molecule has 0 unspecified atom stereocenters. The Labute approximate surface area is 164 Å². The van der Waals surface area contributed by atoms with Gasteiger partial charge in [-0.1, -0.05) is 60.7 Å². The van der Waals surface area contributed by atoms with Gasteiger partial charge in [0.25, 0.3) is 5.91 Å². The molecule has 0 fully saturated rings. The van der Waals surface area contributed by atoms with Crippen molar-refractivity contribution < 1.29 is 4.79 Å². The average Bonchev–Trinajstić information content (AvgIpc) is 3.11. The van der Waals surface area contributed by atoms with E-state index in [1.807, 2.05) is 54.6 Å². The van der Waals surface area contributed by atoms with Crippen molar-refractivity contribution in [2.24, 2.45) is 0 Å². The van der Waals surface area contributed by atoms with Crippen molar-refractivity contribution in [2.45, 2.75) is 19.4 Å². The van der Waals surface area contributed by atoms with Gasteiger partial charge in [-0.05, 0) is 36.2 Å². The van der Waals surface area contributed by atoms with Crippen LogP contribution in [0.4, 0.5) is 0 Å². The fourth-order valence-corrected chi connectivity index (χ4v) is 3.43. The summed E-state index contributed by atoms with van der Waals surface area (Å²) >= 11 is 0. The SMILES string of the molecule is O=C(NCCc1nc2ccccc2n1CCc1ccccc1)c1ccccc1. The Bertz CT molecular complexity index is 1060. The van der Waals surface area contributed by atoms with Crippen molar-refractivity contribution >= 4 is 16.9 Å². The molecule has 4 nitrogen and oxygen atoms in total. The van der Waals surface area contributed by atoms with Crippen LogP contribution in [-0.4, -0.2) is 22.0 Å². The molecule has 28 heavy (non-hydrogen) atoms. The molecule has 0 saturated heterocycles. The number of hydrogen-bond acceptors (Lipinski definition) is 2. The lowest BCUT2D eigenvalue weighted by molar-refractivity contribution is 0.0954. The summed E-state index contributed by atoms with van der Waals surface area (Å²) in [6.07, 6.45) is 1.65. The maximum atomic E-state index is 12.3. The number of fused-ring (bicyclic) bond motifs is 1. The summed E-state index contributed by atoms with van der Waals surface area (Å²) in [6, 6.07) is 28.0. The van der Waals surface area contributed by atoms with Crippen LogP contribution >= 0.6 is 0 Å². The first kappa shape index (κ1) is 18.0.